The summed E-state index contributed by atoms with van der Waals surface area (Å²) in [6.07, 6.45) is 0. The standard InChI is InChI=1S/C9H8F2N6/c10-4-2-1-3-5(6(4)11)14-15-7-8(12)16-17-9(7)13/h1-3,14H,(H4,12,13,15,16,17). The number of nitrogens with one attached hydrogen (secondary N) is 1. The van der Waals surface area contributed by atoms with Gasteiger partial charge in [0.15, 0.2) is 29.0 Å². The van der Waals surface area contributed by atoms with E-state index in [0.29, 0.717) is 0 Å². The van der Waals surface area contributed by atoms with Crippen LogP contribution in [0.25, 0.3) is 0 Å². The van der Waals surface area contributed by atoms with Crippen molar-refractivity contribution in [3.05, 3.63) is 29.8 Å². The number of anilines is 1. The van der Waals surface area contributed by atoms with Crippen LogP contribution in [0, 0.1) is 11.6 Å². The van der Waals surface area contributed by atoms with Gasteiger partial charge in [-0.2, -0.15) is 5.10 Å². The first-order valence-corrected chi connectivity index (χ1v) is 4.54. The monoisotopic (exact) mass is 238 g/mol. The number of hydrogen-bond donors (Lipinski definition) is 3. The highest BCUT2D eigenvalue weighted by molar-refractivity contribution is 6.68. The summed E-state index contributed by atoms with van der Waals surface area (Å²) < 4.78 is 26.1. The average molecular weight is 238 g/mol. The second kappa shape index (κ2) is 4.16. The molecule has 17 heavy (non-hydrogen) atoms. The van der Waals surface area contributed by atoms with Crippen molar-refractivity contribution < 1.29 is 8.78 Å². The van der Waals surface area contributed by atoms with Gasteiger partial charge in [-0.3, -0.25) is 5.43 Å². The summed E-state index contributed by atoms with van der Waals surface area (Å²) >= 11 is 0. The fraction of sp³-hybridized carbons (Fsp3) is 0. The third-order valence-electron chi connectivity index (χ3n) is 1.99. The molecule has 0 bridgehead atoms. The van der Waals surface area contributed by atoms with Crippen molar-refractivity contribution in [1.29, 1.82) is 0 Å². The van der Waals surface area contributed by atoms with Crippen LogP contribution in [0.4, 0.5) is 14.5 Å². The van der Waals surface area contributed by atoms with Gasteiger partial charge in [0, 0.05) is 0 Å². The van der Waals surface area contributed by atoms with Gasteiger partial charge in [-0.1, -0.05) is 6.07 Å². The predicted molar refractivity (Wildman–Crippen MR) is 60.7 cm³/mol. The highest BCUT2D eigenvalue weighted by Gasteiger charge is 2.16. The molecule has 0 unspecified atom stereocenters. The lowest BCUT2D eigenvalue weighted by Gasteiger charge is -2.03. The van der Waals surface area contributed by atoms with Gasteiger partial charge in [0.25, 0.3) is 0 Å². The van der Waals surface area contributed by atoms with Crippen LogP contribution in [-0.4, -0.2) is 17.4 Å². The van der Waals surface area contributed by atoms with E-state index in [1.165, 1.54) is 12.1 Å². The Kier molecular flexibility index (Phi) is 2.69. The van der Waals surface area contributed by atoms with E-state index in [-0.39, 0.29) is 23.1 Å². The fourth-order valence-electron chi connectivity index (χ4n) is 1.15. The zero-order valence-electron chi connectivity index (χ0n) is 8.48. The zero-order valence-corrected chi connectivity index (χ0v) is 8.48. The highest BCUT2D eigenvalue weighted by atomic mass is 19.2. The van der Waals surface area contributed by atoms with Gasteiger partial charge in [0.2, 0.25) is 0 Å². The van der Waals surface area contributed by atoms with Crippen LogP contribution in [-0.2, 0) is 0 Å². The molecule has 0 spiro atoms. The van der Waals surface area contributed by atoms with Crippen molar-refractivity contribution >= 4 is 23.1 Å². The van der Waals surface area contributed by atoms with E-state index in [9.17, 15) is 8.78 Å². The van der Waals surface area contributed by atoms with Gasteiger partial charge in [0.1, 0.15) is 0 Å². The minimum absolute atomic E-state index is 0.00631. The van der Waals surface area contributed by atoms with E-state index < -0.39 is 11.6 Å². The van der Waals surface area contributed by atoms with E-state index in [4.69, 9.17) is 11.5 Å². The zero-order chi connectivity index (χ0) is 12.4. The third kappa shape index (κ3) is 2.05. The van der Waals surface area contributed by atoms with Crippen molar-refractivity contribution in [2.24, 2.45) is 26.8 Å². The van der Waals surface area contributed by atoms with Crippen LogP contribution < -0.4 is 16.9 Å². The molecule has 1 aliphatic rings. The van der Waals surface area contributed by atoms with Crippen LogP contribution in [0.3, 0.4) is 0 Å². The van der Waals surface area contributed by atoms with E-state index in [1.54, 1.807) is 0 Å². The number of rotatable bonds is 2. The molecule has 88 valence electrons. The van der Waals surface area contributed by atoms with Gasteiger partial charge in [-0.15, -0.1) is 10.2 Å². The maximum absolute atomic E-state index is 13.2. The Morgan fingerprint density at radius 2 is 1.76 bits per heavy atom. The summed E-state index contributed by atoms with van der Waals surface area (Å²) in [5, 5.41) is 10.6. The number of benzene rings is 1. The minimum Gasteiger partial charge on any atom is -0.380 e. The predicted octanol–water partition coefficient (Wildman–Crippen LogP) is 0.376. The lowest BCUT2D eigenvalue weighted by molar-refractivity contribution is 0.511. The SMILES string of the molecule is NC1=NN=C(N)C1=NNc1cccc(F)c1F. The maximum Gasteiger partial charge on any atom is 0.183 e. The van der Waals surface area contributed by atoms with Crippen molar-refractivity contribution in [1.82, 2.24) is 0 Å². The molecule has 0 aromatic heterocycles. The smallest absolute Gasteiger partial charge is 0.183 e. The van der Waals surface area contributed by atoms with E-state index in [0.717, 1.165) is 6.07 Å². The Balaban J connectivity index is 2.23. The topological polar surface area (TPSA) is 101 Å². The number of halogens is 2. The quantitative estimate of drug-likeness (QED) is 0.649. The minimum atomic E-state index is -1.04. The largest absolute Gasteiger partial charge is 0.380 e. The first-order chi connectivity index (χ1) is 8.09. The summed E-state index contributed by atoms with van der Waals surface area (Å²) in [7, 11) is 0. The third-order valence-corrected chi connectivity index (χ3v) is 1.99. The van der Waals surface area contributed by atoms with E-state index >= 15 is 0 Å². The molecule has 0 atom stereocenters. The first kappa shape index (κ1) is 11.0. The van der Waals surface area contributed by atoms with Crippen molar-refractivity contribution in [3.63, 3.8) is 0 Å². The molecule has 1 heterocycles. The summed E-state index contributed by atoms with van der Waals surface area (Å²) in [5.41, 5.74) is 13.1. The Hall–Kier alpha value is -2.51. The number of nitrogens with two attached hydrogens (primary N) is 2. The Labute approximate surface area is 94.7 Å². The molecular weight excluding hydrogens is 230 g/mol. The van der Waals surface area contributed by atoms with Gasteiger partial charge >= 0.3 is 0 Å². The molecule has 0 saturated heterocycles. The lowest BCUT2D eigenvalue weighted by Crippen LogP contribution is -2.32. The number of hydrogen-bond acceptors (Lipinski definition) is 6. The molecule has 1 aromatic carbocycles. The fourth-order valence-corrected chi connectivity index (χ4v) is 1.15. The van der Waals surface area contributed by atoms with Crippen LogP contribution in [0.2, 0.25) is 0 Å². The second-order valence-electron chi connectivity index (χ2n) is 3.14. The summed E-state index contributed by atoms with van der Waals surface area (Å²) in [6.45, 7) is 0. The average Bonchev–Trinajstić information content (AvgIpc) is 2.62. The van der Waals surface area contributed by atoms with E-state index in [2.05, 4.69) is 20.7 Å². The van der Waals surface area contributed by atoms with Gasteiger partial charge in [-0.25, -0.2) is 8.78 Å². The number of hydrazone groups is 1. The summed E-state index contributed by atoms with van der Waals surface area (Å²) in [5.74, 6) is -2.01. The van der Waals surface area contributed by atoms with Crippen LogP contribution in [0.5, 0.6) is 0 Å². The van der Waals surface area contributed by atoms with Gasteiger partial charge in [0.05, 0.1) is 5.69 Å². The molecule has 0 amide bonds. The molecule has 0 saturated carbocycles. The van der Waals surface area contributed by atoms with Crippen LogP contribution in [0.1, 0.15) is 0 Å². The molecule has 1 aliphatic heterocycles. The van der Waals surface area contributed by atoms with Gasteiger partial charge < -0.3 is 11.5 Å². The first-order valence-electron chi connectivity index (χ1n) is 4.54. The molecule has 0 aliphatic carbocycles. The summed E-state index contributed by atoms with van der Waals surface area (Å²) in [4.78, 5) is 0. The van der Waals surface area contributed by atoms with Crippen molar-refractivity contribution in [2.75, 3.05) is 5.43 Å². The van der Waals surface area contributed by atoms with Gasteiger partial charge in [-0.05, 0) is 12.1 Å². The molecule has 0 fully saturated rings. The number of nitrogens with zero attached hydrogens (tertiary/aromatic N) is 3. The highest BCUT2D eigenvalue weighted by Crippen LogP contribution is 2.16. The maximum atomic E-state index is 13.2. The molecule has 2 rings (SSSR count). The van der Waals surface area contributed by atoms with Crippen molar-refractivity contribution in [3.8, 4) is 0 Å². The Bertz CT molecular complexity index is 528. The molecule has 5 N–H and O–H groups in total. The lowest BCUT2D eigenvalue weighted by atomic mass is 10.3. The molecule has 6 nitrogen and oxygen atoms in total. The number of amidine groups is 2. The van der Waals surface area contributed by atoms with E-state index in [1.807, 2.05) is 0 Å². The molecule has 0 radical (unpaired) electrons. The van der Waals surface area contributed by atoms with Crippen molar-refractivity contribution in [2.45, 2.75) is 0 Å². The van der Waals surface area contributed by atoms with Crippen LogP contribution in [0.15, 0.2) is 33.5 Å². The second-order valence-corrected chi connectivity index (χ2v) is 3.14. The Morgan fingerprint density at radius 3 is 2.41 bits per heavy atom. The molecule has 8 heteroatoms. The Morgan fingerprint density at radius 1 is 1.12 bits per heavy atom. The summed E-state index contributed by atoms with van der Waals surface area (Å²) in [6, 6.07) is 3.65. The molecular formula is C9H8F2N6. The van der Waals surface area contributed by atoms with Crippen LogP contribution >= 0.6 is 0 Å². The normalized spacial score (nSPS) is 14.4. The molecule has 1 aromatic rings.